The highest BCUT2D eigenvalue weighted by molar-refractivity contribution is 6.30. The van der Waals surface area contributed by atoms with E-state index in [0.29, 0.717) is 22.4 Å². The summed E-state index contributed by atoms with van der Waals surface area (Å²) in [5, 5.41) is 9.82. The molecule has 0 fully saturated rings. The van der Waals surface area contributed by atoms with Crippen molar-refractivity contribution in [2.24, 2.45) is 0 Å². The van der Waals surface area contributed by atoms with Gasteiger partial charge in [0.25, 0.3) is 0 Å². The molecule has 0 unspecified atom stereocenters. The monoisotopic (exact) mass is 328 g/mol. The molecule has 1 aromatic heterocycles. The summed E-state index contributed by atoms with van der Waals surface area (Å²) in [5.74, 6) is 0.815. The van der Waals surface area contributed by atoms with Crippen molar-refractivity contribution in [1.29, 1.82) is 0 Å². The van der Waals surface area contributed by atoms with Crippen LogP contribution in [0.25, 0.3) is 11.4 Å². The molecule has 0 radical (unpaired) electrons. The molecule has 3 aromatic rings. The number of halogens is 1. The van der Waals surface area contributed by atoms with E-state index in [1.165, 1.54) is 0 Å². The average molecular weight is 329 g/mol. The Morgan fingerprint density at radius 2 is 1.83 bits per heavy atom. The first-order valence-electron chi connectivity index (χ1n) is 6.89. The summed E-state index contributed by atoms with van der Waals surface area (Å²) in [6.07, 6.45) is 0. The third-order valence-corrected chi connectivity index (χ3v) is 3.25. The molecule has 0 aliphatic rings. The van der Waals surface area contributed by atoms with Gasteiger partial charge in [-0.1, -0.05) is 47.1 Å². The number of aromatic nitrogens is 2. The van der Waals surface area contributed by atoms with E-state index in [9.17, 15) is 4.79 Å². The van der Waals surface area contributed by atoms with Gasteiger partial charge in [0.2, 0.25) is 11.7 Å². The van der Waals surface area contributed by atoms with E-state index in [-0.39, 0.29) is 12.6 Å². The van der Waals surface area contributed by atoms with Gasteiger partial charge in [0.15, 0.2) is 0 Å². The minimum atomic E-state index is -0.369. The van der Waals surface area contributed by atoms with Crippen molar-refractivity contribution < 1.29 is 9.32 Å². The summed E-state index contributed by atoms with van der Waals surface area (Å²) in [6.45, 7) is 0.138. The standard InChI is InChI=1S/C16H13ClN4O2/c17-12-6-8-13(9-7-12)19-16(22)18-10-14-20-15(21-23-14)11-4-2-1-3-5-11/h1-9H,10H2,(H2,18,19,22). The number of urea groups is 1. The van der Waals surface area contributed by atoms with Crippen LogP contribution in [0.3, 0.4) is 0 Å². The Kier molecular flexibility index (Phi) is 4.54. The molecule has 0 spiro atoms. The molecule has 7 heteroatoms. The van der Waals surface area contributed by atoms with Crippen LogP contribution in [0.15, 0.2) is 59.1 Å². The number of anilines is 1. The van der Waals surface area contributed by atoms with Gasteiger partial charge < -0.3 is 15.2 Å². The summed E-state index contributed by atoms with van der Waals surface area (Å²) in [5.41, 5.74) is 1.50. The summed E-state index contributed by atoms with van der Waals surface area (Å²) in [4.78, 5) is 16.0. The highest BCUT2D eigenvalue weighted by atomic mass is 35.5. The summed E-state index contributed by atoms with van der Waals surface area (Å²) < 4.78 is 5.11. The van der Waals surface area contributed by atoms with Gasteiger partial charge in [-0.15, -0.1) is 0 Å². The van der Waals surface area contributed by atoms with Crippen molar-refractivity contribution in [3.8, 4) is 11.4 Å². The lowest BCUT2D eigenvalue weighted by molar-refractivity contribution is 0.249. The van der Waals surface area contributed by atoms with Crippen LogP contribution in [0.4, 0.5) is 10.5 Å². The number of nitrogens with zero attached hydrogens (tertiary/aromatic N) is 2. The Morgan fingerprint density at radius 3 is 2.57 bits per heavy atom. The molecule has 6 nitrogen and oxygen atoms in total. The Morgan fingerprint density at radius 1 is 1.09 bits per heavy atom. The first kappa shape index (κ1) is 15.1. The zero-order valence-electron chi connectivity index (χ0n) is 12.0. The lowest BCUT2D eigenvalue weighted by Gasteiger charge is -2.05. The molecular formula is C16H13ClN4O2. The maximum Gasteiger partial charge on any atom is 0.319 e. The second-order valence-corrected chi connectivity index (χ2v) is 5.13. The summed E-state index contributed by atoms with van der Waals surface area (Å²) >= 11 is 5.79. The van der Waals surface area contributed by atoms with E-state index in [1.807, 2.05) is 30.3 Å². The topological polar surface area (TPSA) is 80.1 Å². The molecule has 3 rings (SSSR count). The van der Waals surface area contributed by atoms with Gasteiger partial charge in [0.1, 0.15) is 0 Å². The first-order valence-corrected chi connectivity index (χ1v) is 7.27. The third-order valence-electron chi connectivity index (χ3n) is 3.00. The number of benzene rings is 2. The molecule has 0 saturated carbocycles. The number of amides is 2. The van der Waals surface area contributed by atoms with Gasteiger partial charge in [-0.25, -0.2) is 4.79 Å². The minimum Gasteiger partial charge on any atom is -0.337 e. The van der Waals surface area contributed by atoms with E-state index in [2.05, 4.69) is 20.8 Å². The molecule has 2 amide bonds. The quantitative estimate of drug-likeness (QED) is 0.765. The van der Waals surface area contributed by atoms with Crippen LogP contribution in [0.5, 0.6) is 0 Å². The smallest absolute Gasteiger partial charge is 0.319 e. The van der Waals surface area contributed by atoms with Crippen LogP contribution >= 0.6 is 11.6 Å². The molecular weight excluding hydrogens is 316 g/mol. The number of nitrogens with one attached hydrogen (secondary N) is 2. The Labute approximate surface area is 137 Å². The molecule has 116 valence electrons. The van der Waals surface area contributed by atoms with Crippen LogP contribution < -0.4 is 10.6 Å². The molecule has 0 aliphatic carbocycles. The van der Waals surface area contributed by atoms with Crippen molar-refractivity contribution >= 4 is 23.3 Å². The SMILES string of the molecule is O=C(NCc1nc(-c2ccccc2)no1)Nc1ccc(Cl)cc1. The summed E-state index contributed by atoms with van der Waals surface area (Å²) in [6, 6.07) is 15.9. The van der Waals surface area contributed by atoms with Gasteiger partial charge in [-0.05, 0) is 24.3 Å². The van der Waals surface area contributed by atoms with E-state index < -0.39 is 0 Å². The molecule has 2 aromatic carbocycles. The van der Waals surface area contributed by atoms with Gasteiger partial charge >= 0.3 is 6.03 Å². The Hall–Kier alpha value is -2.86. The van der Waals surface area contributed by atoms with Crippen LogP contribution in [-0.4, -0.2) is 16.2 Å². The van der Waals surface area contributed by atoms with E-state index in [4.69, 9.17) is 16.1 Å². The Bertz CT molecular complexity index is 787. The van der Waals surface area contributed by atoms with Crippen molar-refractivity contribution in [3.63, 3.8) is 0 Å². The van der Waals surface area contributed by atoms with Crippen LogP contribution in [0.2, 0.25) is 5.02 Å². The number of rotatable bonds is 4. The molecule has 0 saturated heterocycles. The second kappa shape index (κ2) is 6.93. The maximum absolute atomic E-state index is 11.8. The van der Waals surface area contributed by atoms with Gasteiger partial charge in [0.05, 0.1) is 6.54 Å². The van der Waals surface area contributed by atoms with Gasteiger partial charge in [0, 0.05) is 16.3 Å². The molecule has 0 atom stereocenters. The zero-order chi connectivity index (χ0) is 16.1. The average Bonchev–Trinajstić information content (AvgIpc) is 3.05. The fourth-order valence-electron chi connectivity index (χ4n) is 1.90. The van der Waals surface area contributed by atoms with Crippen LogP contribution in [-0.2, 0) is 6.54 Å². The number of carbonyl (C=O) groups is 1. The zero-order valence-corrected chi connectivity index (χ0v) is 12.7. The third kappa shape index (κ3) is 4.08. The van der Waals surface area contributed by atoms with Crippen molar-refractivity contribution in [3.05, 3.63) is 65.5 Å². The Balaban J connectivity index is 1.55. The number of carbonyl (C=O) groups excluding carboxylic acids is 1. The van der Waals surface area contributed by atoms with Crippen molar-refractivity contribution in [1.82, 2.24) is 15.5 Å². The van der Waals surface area contributed by atoms with Gasteiger partial charge in [-0.2, -0.15) is 4.98 Å². The maximum atomic E-state index is 11.8. The van der Waals surface area contributed by atoms with E-state index in [0.717, 1.165) is 5.56 Å². The van der Waals surface area contributed by atoms with Crippen LogP contribution in [0, 0.1) is 0 Å². The van der Waals surface area contributed by atoms with E-state index >= 15 is 0 Å². The predicted molar refractivity (Wildman–Crippen MR) is 87.0 cm³/mol. The van der Waals surface area contributed by atoms with Crippen molar-refractivity contribution in [2.75, 3.05) is 5.32 Å². The predicted octanol–water partition coefficient (Wildman–Crippen LogP) is 3.71. The number of hydrogen-bond acceptors (Lipinski definition) is 4. The first-order chi connectivity index (χ1) is 11.2. The fourth-order valence-corrected chi connectivity index (χ4v) is 2.02. The van der Waals surface area contributed by atoms with Crippen LogP contribution in [0.1, 0.15) is 5.89 Å². The molecule has 0 aliphatic heterocycles. The normalized spacial score (nSPS) is 10.3. The molecule has 2 N–H and O–H groups in total. The minimum absolute atomic E-state index is 0.138. The highest BCUT2D eigenvalue weighted by Gasteiger charge is 2.09. The highest BCUT2D eigenvalue weighted by Crippen LogP contribution is 2.15. The molecule has 1 heterocycles. The number of hydrogen-bond donors (Lipinski definition) is 2. The second-order valence-electron chi connectivity index (χ2n) is 4.69. The molecule has 0 bridgehead atoms. The van der Waals surface area contributed by atoms with Gasteiger partial charge in [-0.3, -0.25) is 0 Å². The summed E-state index contributed by atoms with van der Waals surface area (Å²) in [7, 11) is 0. The van der Waals surface area contributed by atoms with Crippen molar-refractivity contribution in [2.45, 2.75) is 6.54 Å². The lowest BCUT2D eigenvalue weighted by Crippen LogP contribution is -2.28. The van der Waals surface area contributed by atoms with E-state index in [1.54, 1.807) is 24.3 Å². The fraction of sp³-hybridized carbons (Fsp3) is 0.0625. The molecule has 23 heavy (non-hydrogen) atoms. The largest absolute Gasteiger partial charge is 0.337 e. The lowest BCUT2D eigenvalue weighted by atomic mass is 10.2.